The molecule has 1 heterocycles. The molecule has 0 aromatic heterocycles. The minimum Gasteiger partial charge on any atom is -0.382 e. The van der Waals surface area contributed by atoms with Crippen molar-refractivity contribution in [3.8, 4) is 0 Å². The zero-order chi connectivity index (χ0) is 11.4. The molecule has 3 heteroatoms. The maximum absolute atomic E-state index is 5.73. The number of benzene rings is 1. The van der Waals surface area contributed by atoms with Gasteiger partial charge in [0.25, 0.3) is 0 Å². The summed E-state index contributed by atoms with van der Waals surface area (Å²) < 4.78 is 0. The van der Waals surface area contributed by atoms with Crippen molar-refractivity contribution in [1.82, 2.24) is 4.90 Å². The Balaban J connectivity index is 1.98. The summed E-state index contributed by atoms with van der Waals surface area (Å²) in [5.41, 5.74) is 8.15. The molecule has 0 unspecified atom stereocenters. The molecule has 0 atom stereocenters. The molecule has 88 valence electrons. The number of para-hydroxylation sites is 1. The second-order valence-corrected chi connectivity index (χ2v) is 4.58. The van der Waals surface area contributed by atoms with E-state index in [4.69, 9.17) is 5.73 Å². The van der Waals surface area contributed by atoms with Crippen molar-refractivity contribution >= 4 is 5.69 Å². The summed E-state index contributed by atoms with van der Waals surface area (Å²) in [5, 5.41) is 3.61. The number of rotatable bonds is 3. The monoisotopic (exact) mass is 219 g/mol. The molecule has 0 amide bonds. The van der Waals surface area contributed by atoms with Crippen molar-refractivity contribution < 1.29 is 0 Å². The third-order valence-corrected chi connectivity index (χ3v) is 3.32. The van der Waals surface area contributed by atoms with Crippen LogP contribution in [0.3, 0.4) is 0 Å². The Morgan fingerprint density at radius 1 is 1.31 bits per heavy atom. The van der Waals surface area contributed by atoms with E-state index < -0.39 is 0 Å². The molecule has 1 aromatic rings. The lowest BCUT2D eigenvalue weighted by molar-refractivity contribution is 0.264. The van der Waals surface area contributed by atoms with Crippen molar-refractivity contribution in [2.45, 2.75) is 25.4 Å². The third-order valence-electron chi connectivity index (χ3n) is 3.32. The highest BCUT2D eigenvalue weighted by Crippen LogP contribution is 2.19. The number of likely N-dealkylation sites (tertiary alicyclic amines) is 1. The molecule has 0 bridgehead atoms. The first-order chi connectivity index (χ1) is 7.79. The number of nitrogens with two attached hydrogens (primary N) is 1. The van der Waals surface area contributed by atoms with Crippen LogP contribution in [0.1, 0.15) is 18.4 Å². The lowest BCUT2D eigenvalue weighted by Crippen LogP contribution is -2.36. The van der Waals surface area contributed by atoms with Crippen LogP contribution in [0, 0.1) is 0 Å². The lowest BCUT2D eigenvalue weighted by Gasteiger charge is -2.30. The molecule has 0 spiro atoms. The highest BCUT2D eigenvalue weighted by molar-refractivity contribution is 5.51. The Labute approximate surface area is 97.6 Å². The van der Waals surface area contributed by atoms with Crippen LogP contribution in [-0.2, 0) is 6.54 Å². The van der Waals surface area contributed by atoms with Gasteiger partial charge in [-0.2, -0.15) is 0 Å². The summed E-state index contributed by atoms with van der Waals surface area (Å²) in [6, 6.07) is 8.93. The van der Waals surface area contributed by atoms with Gasteiger partial charge in [-0.25, -0.2) is 0 Å². The average molecular weight is 219 g/mol. The smallest absolute Gasteiger partial charge is 0.0387 e. The van der Waals surface area contributed by atoms with E-state index in [2.05, 4.69) is 35.5 Å². The molecule has 16 heavy (non-hydrogen) atoms. The molecular weight excluding hydrogens is 198 g/mol. The minimum absolute atomic E-state index is 0.601. The fraction of sp³-hybridized carbons (Fsp3) is 0.538. The largest absolute Gasteiger partial charge is 0.382 e. The Kier molecular flexibility index (Phi) is 3.80. The van der Waals surface area contributed by atoms with Crippen LogP contribution in [0.4, 0.5) is 5.69 Å². The zero-order valence-electron chi connectivity index (χ0n) is 9.95. The van der Waals surface area contributed by atoms with E-state index in [1.807, 2.05) is 6.07 Å². The van der Waals surface area contributed by atoms with Gasteiger partial charge in [-0.1, -0.05) is 18.2 Å². The van der Waals surface area contributed by atoms with E-state index in [0.29, 0.717) is 12.6 Å². The molecular formula is C13H21N3. The Bertz CT molecular complexity index is 330. The highest BCUT2D eigenvalue weighted by Gasteiger charge is 2.16. The first-order valence-corrected chi connectivity index (χ1v) is 6.02. The molecule has 0 radical (unpaired) electrons. The molecule has 1 fully saturated rings. The molecule has 0 saturated carbocycles. The molecule has 1 aliphatic heterocycles. The van der Waals surface area contributed by atoms with Crippen LogP contribution < -0.4 is 11.1 Å². The van der Waals surface area contributed by atoms with Crippen LogP contribution >= 0.6 is 0 Å². The van der Waals surface area contributed by atoms with Crippen LogP contribution in [0.25, 0.3) is 0 Å². The van der Waals surface area contributed by atoms with Gasteiger partial charge < -0.3 is 16.0 Å². The second-order valence-electron chi connectivity index (χ2n) is 4.58. The zero-order valence-corrected chi connectivity index (χ0v) is 9.95. The molecule has 1 saturated heterocycles. The normalized spacial score (nSPS) is 18.6. The first kappa shape index (κ1) is 11.4. The number of nitrogens with zero attached hydrogens (tertiary/aromatic N) is 1. The molecule has 0 aliphatic carbocycles. The van der Waals surface area contributed by atoms with Crippen LogP contribution in [-0.4, -0.2) is 31.1 Å². The summed E-state index contributed by atoms with van der Waals surface area (Å²) >= 11 is 0. The van der Waals surface area contributed by atoms with Crippen LogP contribution in [0.15, 0.2) is 24.3 Å². The average Bonchev–Trinajstić information content (AvgIpc) is 2.33. The maximum atomic E-state index is 5.73. The fourth-order valence-corrected chi connectivity index (χ4v) is 2.21. The summed E-state index contributed by atoms with van der Waals surface area (Å²) in [4.78, 5) is 2.38. The summed E-state index contributed by atoms with van der Waals surface area (Å²) in [6.07, 6.45) is 2.44. The quantitative estimate of drug-likeness (QED) is 0.812. The molecule has 3 N–H and O–H groups in total. The number of hydrogen-bond acceptors (Lipinski definition) is 3. The molecule has 2 rings (SSSR count). The van der Waals surface area contributed by atoms with E-state index in [9.17, 15) is 0 Å². The predicted molar refractivity (Wildman–Crippen MR) is 68.5 cm³/mol. The lowest BCUT2D eigenvalue weighted by atomic mass is 10.0. The first-order valence-electron chi connectivity index (χ1n) is 6.02. The van der Waals surface area contributed by atoms with Gasteiger partial charge in [0.1, 0.15) is 0 Å². The van der Waals surface area contributed by atoms with Crippen molar-refractivity contribution in [3.05, 3.63) is 29.8 Å². The second kappa shape index (κ2) is 5.32. The SMILES string of the molecule is CN1CCC(Nc2ccccc2CN)CC1. The van der Waals surface area contributed by atoms with Gasteiger partial charge in [-0.15, -0.1) is 0 Å². The number of piperidine rings is 1. The third kappa shape index (κ3) is 2.74. The van der Waals surface area contributed by atoms with E-state index in [-0.39, 0.29) is 0 Å². The van der Waals surface area contributed by atoms with Gasteiger partial charge in [-0.05, 0) is 44.6 Å². The van der Waals surface area contributed by atoms with Crippen molar-refractivity contribution in [1.29, 1.82) is 0 Å². The van der Waals surface area contributed by atoms with E-state index in [1.54, 1.807) is 0 Å². The van der Waals surface area contributed by atoms with Gasteiger partial charge in [0.15, 0.2) is 0 Å². The summed E-state index contributed by atoms with van der Waals surface area (Å²) in [5.74, 6) is 0. The van der Waals surface area contributed by atoms with Crippen molar-refractivity contribution in [2.24, 2.45) is 5.73 Å². The van der Waals surface area contributed by atoms with Crippen molar-refractivity contribution in [3.63, 3.8) is 0 Å². The van der Waals surface area contributed by atoms with Gasteiger partial charge in [-0.3, -0.25) is 0 Å². The van der Waals surface area contributed by atoms with Crippen molar-refractivity contribution in [2.75, 3.05) is 25.5 Å². The number of nitrogens with one attached hydrogen (secondary N) is 1. The Morgan fingerprint density at radius 2 is 2.00 bits per heavy atom. The number of anilines is 1. The Morgan fingerprint density at radius 3 is 2.69 bits per heavy atom. The van der Waals surface area contributed by atoms with Gasteiger partial charge in [0, 0.05) is 18.3 Å². The Hall–Kier alpha value is -1.06. The maximum Gasteiger partial charge on any atom is 0.0387 e. The van der Waals surface area contributed by atoms with Gasteiger partial charge in [0.05, 0.1) is 0 Å². The fourth-order valence-electron chi connectivity index (χ4n) is 2.21. The topological polar surface area (TPSA) is 41.3 Å². The summed E-state index contributed by atoms with van der Waals surface area (Å²) in [6.45, 7) is 2.97. The van der Waals surface area contributed by atoms with Gasteiger partial charge in [0.2, 0.25) is 0 Å². The highest BCUT2D eigenvalue weighted by atomic mass is 15.1. The predicted octanol–water partition coefficient (Wildman–Crippen LogP) is 1.65. The minimum atomic E-state index is 0.601. The van der Waals surface area contributed by atoms with Crippen LogP contribution in [0.2, 0.25) is 0 Å². The van der Waals surface area contributed by atoms with E-state index in [0.717, 1.165) is 0 Å². The standard InChI is InChI=1S/C13H21N3/c1-16-8-6-12(7-9-16)15-13-5-3-2-4-11(13)10-14/h2-5,12,15H,6-10,14H2,1H3. The number of hydrogen-bond donors (Lipinski definition) is 2. The molecule has 1 aliphatic rings. The van der Waals surface area contributed by atoms with E-state index >= 15 is 0 Å². The molecule has 1 aromatic carbocycles. The van der Waals surface area contributed by atoms with Gasteiger partial charge >= 0.3 is 0 Å². The van der Waals surface area contributed by atoms with E-state index in [1.165, 1.54) is 37.2 Å². The molecule has 3 nitrogen and oxygen atoms in total. The van der Waals surface area contributed by atoms with Crippen LogP contribution in [0.5, 0.6) is 0 Å². The summed E-state index contributed by atoms with van der Waals surface area (Å²) in [7, 11) is 2.18.